The summed E-state index contributed by atoms with van der Waals surface area (Å²) in [6, 6.07) is 4.40. The largest absolute Gasteiger partial charge is 0.381 e. The maximum absolute atomic E-state index is 5.67. The summed E-state index contributed by atoms with van der Waals surface area (Å²) in [6.45, 7) is 6.20. The van der Waals surface area contributed by atoms with Gasteiger partial charge in [0.05, 0.1) is 0 Å². The lowest BCUT2D eigenvalue weighted by atomic mass is 9.80. The number of likely N-dealkylation sites (tertiary alicyclic amines) is 1. The minimum atomic E-state index is 0.562. The van der Waals surface area contributed by atoms with Gasteiger partial charge in [-0.1, -0.05) is 0 Å². The molecule has 3 nitrogen and oxygen atoms in total. The lowest BCUT2D eigenvalue weighted by Gasteiger charge is -2.33. The van der Waals surface area contributed by atoms with Crippen molar-refractivity contribution >= 4 is 11.3 Å². The molecule has 0 aliphatic carbocycles. The van der Waals surface area contributed by atoms with Crippen LogP contribution >= 0.6 is 11.3 Å². The van der Waals surface area contributed by atoms with Crippen LogP contribution in [0.5, 0.6) is 0 Å². The van der Waals surface area contributed by atoms with Gasteiger partial charge in [-0.3, -0.25) is 4.90 Å². The van der Waals surface area contributed by atoms with E-state index in [1.165, 1.54) is 42.1 Å². The standard InChI is InChI=1S/C14H22N2OS/c15-9-12-1-2-13(18-12)10-16-6-3-14(11-16)4-7-17-8-5-14/h1-2H,3-11,15H2. The molecule has 1 aromatic rings. The highest BCUT2D eigenvalue weighted by molar-refractivity contribution is 7.11. The molecule has 100 valence electrons. The maximum atomic E-state index is 5.67. The third-order valence-corrected chi connectivity index (χ3v) is 5.46. The summed E-state index contributed by atoms with van der Waals surface area (Å²) in [4.78, 5) is 5.36. The van der Waals surface area contributed by atoms with E-state index in [1.54, 1.807) is 0 Å². The van der Waals surface area contributed by atoms with Gasteiger partial charge in [0.1, 0.15) is 0 Å². The first-order valence-corrected chi connectivity index (χ1v) is 7.69. The molecule has 0 amide bonds. The summed E-state index contributed by atoms with van der Waals surface area (Å²) >= 11 is 1.86. The zero-order valence-electron chi connectivity index (χ0n) is 10.9. The van der Waals surface area contributed by atoms with E-state index in [4.69, 9.17) is 10.5 Å². The highest BCUT2D eigenvalue weighted by Crippen LogP contribution is 2.40. The second-order valence-corrected chi connectivity index (χ2v) is 6.90. The smallest absolute Gasteiger partial charge is 0.0471 e. The Balaban J connectivity index is 1.58. The van der Waals surface area contributed by atoms with Gasteiger partial charge < -0.3 is 10.5 Å². The van der Waals surface area contributed by atoms with Crippen molar-refractivity contribution in [3.8, 4) is 0 Å². The molecule has 0 aromatic carbocycles. The maximum Gasteiger partial charge on any atom is 0.0471 e. The normalized spacial score (nSPS) is 23.8. The number of nitrogens with zero attached hydrogens (tertiary/aromatic N) is 1. The molecule has 4 heteroatoms. The molecule has 1 aromatic heterocycles. The second-order valence-electron chi connectivity index (χ2n) is 5.65. The van der Waals surface area contributed by atoms with Gasteiger partial charge >= 0.3 is 0 Å². The Bertz CT molecular complexity index is 398. The Morgan fingerprint density at radius 3 is 2.72 bits per heavy atom. The fourth-order valence-electron chi connectivity index (χ4n) is 3.21. The summed E-state index contributed by atoms with van der Waals surface area (Å²) in [7, 11) is 0. The van der Waals surface area contributed by atoms with Crippen LogP contribution in [0.4, 0.5) is 0 Å². The second kappa shape index (κ2) is 5.29. The molecule has 0 saturated carbocycles. The number of hydrogen-bond donors (Lipinski definition) is 1. The fourth-order valence-corrected chi connectivity index (χ4v) is 4.15. The van der Waals surface area contributed by atoms with Crippen molar-refractivity contribution in [2.75, 3.05) is 26.3 Å². The van der Waals surface area contributed by atoms with Crippen molar-refractivity contribution in [3.63, 3.8) is 0 Å². The van der Waals surface area contributed by atoms with Crippen LogP contribution in [-0.4, -0.2) is 31.2 Å². The lowest BCUT2D eigenvalue weighted by Crippen LogP contribution is -2.32. The SMILES string of the molecule is NCc1ccc(CN2CCC3(CCOCC3)C2)s1. The van der Waals surface area contributed by atoms with Crippen LogP contribution in [0, 0.1) is 5.41 Å². The van der Waals surface area contributed by atoms with Crippen LogP contribution in [0.2, 0.25) is 0 Å². The van der Waals surface area contributed by atoms with E-state index in [9.17, 15) is 0 Å². The van der Waals surface area contributed by atoms with Crippen LogP contribution in [0.25, 0.3) is 0 Å². The van der Waals surface area contributed by atoms with Crippen molar-refractivity contribution < 1.29 is 4.74 Å². The first kappa shape index (κ1) is 12.6. The zero-order chi connectivity index (χ0) is 12.4. The molecular formula is C14H22N2OS. The average molecular weight is 266 g/mol. The minimum absolute atomic E-state index is 0.562. The molecule has 3 rings (SSSR count). The van der Waals surface area contributed by atoms with Gasteiger partial charge in [-0.2, -0.15) is 0 Å². The molecule has 2 aliphatic heterocycles. The van der Waals surface area contributed by atoms with E-state index >= 15 is 0 Å². The monoisotopic (exact) mass is 266 g/mol. The highest BCUT2D eigenvalue weighted by Gasteiger charge is 2.39. The molecule has 2 fully saturated rings. The predicted molar refractivity (Wildman–Crippen MR) is 74.6 cm³/mol. The Hall–Kier alpha value is -0.420. The zero-order valence-corrected chi connectivity index (χ0v) is 11.7. The number of ether oxygens (including phenoxy) is 1. The van der Waals surface area contributed by atoms with E-state index in [0.717, 1.165) is 19.8 Å². The summed E-state index contributed by atoms with van der Waals surface area (Å²) in [5.74, 6) is 0. The molecule has 0 bridgehead atoms. The Kier molecular flexibility index (Phi) is 3.71. The number of thiophene rings is 1. The van der Waals surface area contributed by atoms with Crippen molar-refractivity contribution in [2.45, 2.75) is 32.4 Å². The molecule has 18 heavy (non-hydrogen) atoms. The van der Waals surface area contributed by atoms with Crippen LogP contribution in [0.3, 0.4) is 0 Å². The average Bonchev–Trinajstić information content (AvgIpc) is 2.99. The molecule has 2 aliphatic rings. The van der Waals surface area contributed by atoms with Crippen LogP contribution in [-0.2, 0) is 17.8 Å². The van der Waals surface area contributed by atoms with E-state index in [0.29, 0.717) is 12.0 Å². The van der Waals surface area contributed by atoms with Crippen LogP contribution in [0.1, 0.15) is 29.0 Å². The van der Waals surface area contributed by atoms with Crippen molar-refractivity contribution in [1.82, 2.24) is 4.90 Å². The van der Waals surface area contributed by atoms with Crippen LogP contribution in [0.15, 0.2) is 12.1 Å². The van der Waals surface area contributed by atoms with Crippen LogP contribution < -0.4 is 5.73 Å². The predicted octanol–water partition coefficient (Wildman–Crippen LogP) is 2.21. The highest BCUT2D eigenvalue weighted by atomic mass is 32.1. The minimum Gasteiger partial charge on any atom is -0.381 e. The first-order chi connectivity index (χ1) is 8.80. The molecule has 2 saturated heterocycles. The van der Waals surface area contributed by atoms with Gasteiger partial charge in [0.15, 0.2) is 0 Å². The summed E-state index contributed by atoms with van der Waals surface area (Å²) < 4.78 is 5.50. The molecule has 3 heterocycles. The van der Waals surface area contributed by atoms with Gasteiger partial charge in [0.2, 0.25) is 0 Å². The van der Waals surface area contributed by atoms with E-state index in [-0.39, 0.29) is 0 Å². The van der Waals surface area contributed by atoms with E-state index < -0.39 is 0 Å². The van der Waals surface area contributed by atoms with Gasteiger partial charge in [0, 0.05) is 42.6 Å². The topological polar surface area (TPSA) is 38.5 Å². The molecular weight excluding hydrogens is 244 g/mol. The molecule has 1 spiro atoms. The van der Waals surface area contributed by atoms with Gasteiger partial charge in [-0.05, 0) is 43.4 Å². The third-order valence-electron chi connectivity index (χ3n) is 4.37. The molecule has 0 radical (unpaired) electrons. The van der Waals surface area contributed by atoms with E-state index in [2.05, 4.69) is 17.0 Å². The number of nitrogens with two attached hydrogens (primary N) is 1. The Morgan fingerprint density at radius 2 is 2.00 bits per heavy atom. The van der Waals surface area contributed by atoms with E-state index in [1.807, 2.05) is 11.3 Å². The van der Waals surface area contributed by atoms with Gasteiger partial charge in [0.25, 0.3) is 0 Å². The summed E-state index contributed by atoms with van der Waals surface area (Å²) in [6.07, 6.45) is 3.86. The van der Waals surface area contributed by atoms with Crippen molar-refractivity contribution in [1.29, 1.82) is 0 Å². The number of rotatable bonds is 3. The quantitative estimate of drug-likeness (QED) is 0.911. The molecule has 2 N–H and O–H groups in total. The first-order valence-electron chi connectivity index (χ1n) is 6.87. The fraction of sp³-hybridized carbons (Fsp3) is 0.714. The van der Waals surface area contributed by atoms with Crippen molar-refractivity contribution in [3.05, 3.63) is 21.9 Å². The third kappa shape index (κ3) is 2.62. The molecule has 0 unspecified atom stereocenters. The lowest BCUT2D eigenvalue weighted by molar-refractivity contribution is 0.0191. The van der Waals surface area contributed by atoms with Gasteiger partial charge in [-0.25, -0.2) is 0 Å². The Morgan fingerprint density at radius 1 is 1.22 bits per heavy atom. The summed E-state index contributed by atoms with van der Waals surface area (Å²) in [5, 5.41) is 0. The summed E-state index contributed by atoms with van der Waals surface area (Å²) in [5.41, 5.74) is 6.23. The van der Waals surface area contributed by atoms with Crippen molar-refractivity contribution in [2.24, 2.45) is 11.1 Å². The molecule has 0 atom stereocenters. The Labute approximate surface area is 113 Å². The number of hydrogen-bond acceptors (Lipinski definition) is 4. The van der Waals surface area contributed by atoms with Gasteiger partial charge in [-0.15, -0.1) is 11.3 Å².